The minimum absolute atomic E-state index is 0.145. The van der Waals surface area contributed by atoms with Gasteiger partial charge in [-0.1, -0.05) is 41.6 Å². The van der Waals surface area contributed by atoms with Gasteiger partial charge in [-0.3, -0.25) is 9.59 Å². The summed E-state index contributed by atoms with van der Waals surface area (Å²) < 4.78 is 1.90. The quantitative estimate of drug-likeness (QED) is 0.487. The predicted molar refractivity (Wildman–Crippen MR) is 124 cm³/mol. The average Bonchev–Trinajstić information content (AvgIpc) is 3.18. The van der Waals surface area contributed by atoms with E-state index in [2.05, 4.69) is 20.8 Å². The maximum absolute atomic E-state index is 12.4. The highest BCUT2D eigenvalue weighted by Gasteiger charge is 2.20. The van der Waals surface area contributed by atoms with Crippen LogP contribution in [0, 0.1) is 6.92 Å². The third-order valence-electron chi connectivity index (χ3n) is 4.63. The lowest BCUT2D eigenvalue weighted by molar-refractivity contribution is -0.113. The Kier molecular flexibility index (Phi) is 7.70. The van der Waals surface area contributed by atoms with Crippen LogP contribution in [0.15, 0.2) is 53.7 Å². The summed E-state index contributed by atoms with van der Waals surface area (Å²) in [6, 6.07) is 14.0. The Hall–Kier alpha value is -2.84. The number of carbonyl (C=O) groups excluding carboxylic acids is 2. The molecule has 1 atom stereocenters. The van der Waals surface area contributed by atoms with E-state index in [9.17, 15) is 9.59 Å². The molecule has 0 aliphatic rings. The summed E-state index contributed by atoms with van der Waals surface area (Å²) in [5.74, 6) is 0.507. The highest BCUT2D eigenvalue weighted by molar-refractivity contribution is 7.99. The number of aryl methyl sites for hydroxylation is 1. The van der Waals surface area contributed by atoms with E-state index in [1.165, 1.54) is 11.8 Å². The van der Waals surface area contributed by atoms with Crippen LogP contribution in [0.3, 0.4) is 0 Å². The molecule has 0 unspecified atom stereocenters. The van der Waals surface area contributed by atoms with Gasteiger partial charge in [0.2, 0.25) is 5.91 Å². The van der Waals surface area contributed by atoms with Gasteiger partial charge in [0.15, 0.2) is 11.0 Å². The molecule has 2 aromatic carbocycles. The van der Waals surface area contributed by atoms with E-state index < -0.39 is 0 Å². The highest BCUT2D eigenvalue weighted by atomic mass is 35.5. The number of carbonyl (C=O) groups is 2. The summed E-state index contributed by atoms with van der Waals surface area (Å²) in [4.78, 5) is 24.8. The number of thioether (sulfide) groups is 1. The number of amides is 2. The first-order valence-electron chi connectivity index (χ1n) is 9.86. The maximum atomic E-state index is 12.4. The van der Waals surface area contributed by atoms with Crippen LogP contribution in [-0.2, 0) is 11.3 Å². The number of nitrogens with zero attached hydrogens (tertiary/aromatic N) is 3. The van der Waals surface area contributed by atoms with E-state index >= 15 is 0 Å². The Morgan fingerprint density at radius 2 is 1.90 bits per heavy atom. The molecule has 2 amide bonds. The summed E-state index contributed by atoms with van der Waals surface area (Å²) in [6.07, 6.45) is 0. The molecule has 162 valence electrons. The molecule has 0 bridgehead atoms. The van der Waals surface area contributed by atoms with Gasteiger partial charge in [0.25, 0.3) is 5.91 Å². The van der Waals surface area contributed by atoms with Crippen molar-refractivity contribution in [2.45, 2.75) is 38.5 Å². The minimum atomic E-state index is -0.333. The molecule has 1 heterocycles. The fraction of sp³-hybridized carbons (Fsp3) is 0.273. The fourth-order valence-corrected chi connectivity index (χ4v) is 4.08. The molecule has 0 radical (unpaired) electrons. The van der Waals surface area contributed by atoms with Gasteiger partial charge >= 0.3 is 0 Å². The number of anilines is 1. The van der Waals surface area contributed by atoms with Gasteiger partial charge in [0.1, 0.15) is 0 Å². The van der Waals surface area contributed by atoms with Crippen LogP contribution in [-0.4, -0.2) is 32.3 Å². The molecule has 3 rings (SSSR count). The van der Waals surface area contributed by atoms with E-state index in [-0.39, 0.29) is 23.6 Å². The first-order valence-corrected chi connectivity index (χ1v) is 11.2. The number of nitrogens with one attached hydrogen (secondary N) is 2. The summed E-state index contributed by atoms with van der Waals surface area (Å²) in [5, 5.41) is 15.6. The van der Waals surface area contributed by atoms with Crippen molar-refractivity contribution in [2.24, 2.45) is 0 Å². The average molecular weight is 458 g/mol. The van der Waals surface area contributed by atoms with Crippen molar-refractivity contribution in [3.8, 4) is 0 Å². The van der Waals surface area contributed by atoms with E-state index in [4.69, 9.17) is 11.6 Å². The topological polar surface area (TPSA) is 88.9 Å². The monoisotopic (exact) mass is 457 g/mol. The van der Waals surface area contributed by atoms with Crippen LogP contribution in [0.1, 0.15) is 41.6 Å². The second kappa shape index (κ2) is 10.5. The molecule has 0 saturated carbocycles. The number of benzene rings is 2. The minimum Gasteiger partial charge on any atom is -0.342 e. The standard InChI is InChI=1S/C22H24ClN5O2S/c1-4-28-20(15(3)24-21(30)16-8-6-5-7-9-16)26-27-22(28)31-13-19(29)25-18-11-10-17(23)12-14(18)2/h5-12,15H,4,13H2,1-3H3,(H,24,30)(H,25,29)/t15-/m0/s1. The van der Waals surface area contributed by atoms with Gasteiger partial charge in [0, 0.05) is 22.8 Å². The first-order chi connectivity index (χ1) is 14.9. The molecular weight excluding hydrogens is 434 g/mol. The second-order valence-corrected chi connectivity index (χ2v) is 8.32. The van der Waals surface area contributed by atoms with E-state index in [1.807, 2.05) is 43.5 Å². The molecule has 7 nitrogen and oxygen atoms in total. The number of rotatable bonds is 8. The van der Waals surface area contributed by atoms with Crippen molar-refractivity contribution in [1.29, 1.82) is 0 Å². The zero-order valence-electron chi connectivity index (χ0n) is 17.6. The van der Waals surface area contributed by atoms with E-state index in [0.717, 1.165) is 11.3 Å². The first kappa shape index (κ1) is 22.8. The molecule has 0 fully saturated rings. The van der Waals surface area contributed by atoms with Crippen molar-refractivity contribution in [2.75, 3.05) is 11.1 Å². The van der Waals surface area contributed by atoms with Crippen LogP contribution in [0.5, 0.6) is 0 Å². The zero-order valence-corrected chi connectivity index (χ0v) is 19.1. The van der Waals surface area contributed by atoms with Crippen molar-refractivity contribution >= 4 is 40.9 Å². The van der Waals surface area contributed by atoms with Crippen LogP contribution >= 0.6 is 23.4 Å². The molecular formula is C22H24ClN5O2S. The SMILES string of the molecule is CCn1c(SCC(=O)Nc2ccc(Cl)cc2C)nnc1[C@H](C)NC(=O)c1ccccc1. The smallest absolute Gasteiger partial charge is 0.251 e. The largest absolute Gasteiger partial charge is 0.342 e. The summed E-state index contributed by atoms with van der Waals surface area (Å²) in [6.45, 7) is 6.34. The van der Waals surface area contributed by atoms with Gasteiger partial charge in [-0.25, -0.2) is 0 Å². The van der Waals surface area contributed by atoms with E-state index in [0.29, 0.717) is 28.1 Å². The molecule has 1 aromatic heterocycles. The van der Waals surface area contributed by atoms with Crippen molar-refractivity contribution in [1.82, 2.24) is 20.1 Å². The van der Waals surface area contributed by atoms with Crippen molar-refractivity contribution in [3.63, 3.8) is 0 Å². The van der Waals surface area contributed by atoms with Crippen LogP contribution in [0.4, 0.5) is 5.69 Å². The molecule has 31 heavy (non-hydrogen) atoms. The van der Waals surface area contributed by atoms with Crippen molar-refractivity contribution in [3.05, 3.63) is 70.5 Å². The molecule has 2 N–H and O–H groups in total. The lowest BCUT2D eigenvalue weighted by Gasteiger charge is -2.15. The summed E-state index contributed by atoms with van der Waals surface area (Å²) >= 11 is 7.26. The highest BCUT2D eigenvalue weighted by Crippen LogP contribution is 2.23. The van der Waals surface area contributed by atoms with Gasteiger partial charge in [-0.05, 0) is 56.7 Å². The zero-order chi connectivity index (χ0) is 22.4. The lowest BCUT2D eigenvalue weighted by Crippen LogP contribution is -2.28. The molecule has 0 aliphatic carbocycles. The Labute approximate surface area is 190 Å². The molecule has 0 spiro atoms. The third-order valence-corrected chi connectivity index (χ3v) is 5.83. The summed E-state index contributed by atoms with van der Waals surface area (Å²) in [5.41, 5.74) is 2.21. The second-order valence-electron chi connectivity index (χ2n) is 6.94. The molecule has 0 saturated heterocycles. The Morgan fingerprint density at radius 3 is 2.58 bits per heavy atom. The van der Waals surface area contributed by atoms with Crippen molar-refractivity contribution < 1.29 is 9.59 Å². The molecule has 3 aromatic rings. The van der Waals surface area contributed by atoms with Gasteiger partial charge in [-0.15, -0.1) is 10.2 Å². The number of aromatic nitrogens is 3. The Balaban J connectivity index is 1.62. The normalized spacial score (nSPS) is 11.7. The van der Waals surface area contributed by atoms with Crippen LogP contribution < -0.4 is 10.6 Å². The van der Waals surface area contributed by atoms with Crippen LogP contribution in [0.2, 0.25) is 5.02 Å². The third kappa shape index (κ3) is 5.86. The van der Waals surface area contributed by atoms with Gasteiger partial charge in [-0.2, -0.15) is 0 Å². The Morgan fingerprint density at radius 1 is 1.16 bits per heavy atom. The summed E-state index contributed by atoms with van der Waals surface area (Å²) in [7, 11) is 0. The van der Waals surface area contributed by atoms with Gasteiger partial charge < -0.3 is 15.2 Å². The van der Waals surface area contributed by atoms with Gasteiger partial charge in [0.05, 0.1) is 11.8 Å². The maximum Gasteiger partial charge on any atom is 0.251 e. The Bertz CT molecular complexity index is 1070. The van der Waals surface area contributed by atoms with Crippen LogP contribution in [0.25, 0.3) is 0 Å². The number of hydrogen-bond acceptors (Lipinski definition) is 5. The fourth-order valence-electron chi connectivity index (χ4n) is 3.04. The van der Waals surface area contributed by atoms with E-state index in [1.54, 1.807) is 30.3 Å². The predicted octanol–water partition coefficient (Wildman–Crippen LogP) is 4.48. The molecule has 9 heteroatoms. The molecule has 0 aliphatic heterocycles. The number of halogens is 1. The lowest BCUT2D eigenvalue weighted by atomic mass is 10.2. The number of hydrogen-bond donors (Lipinski definition) is 2.